The van der Waals surface area contributed by atoms with Gasteiger partial charge in [-0.2, -0.15) is 0 Å². The van der Waals surface area contributed by atoms with E-state index in [4.69, 9.17) is 0 Å². The summed E-state index contributed by atoms with van der Waals surface area (Å²) in [7, 11) is 0. The molecule has 0 aliphatic carbocycles. The molecule has 1 fully saturated rings. The molecule has 0 amide bonds. The van der Waals surface area contributed by atoms with Crippen molar-refractivity contribution < 1.29 is 0 Å². The maximum Gasteiger partial charge on any atom is 0.0207 e. The van der Waals surface area contributed by atoms with E-state index in [-0.39, 0.29) is 0 Å². The van der Waals surface area contributed by atoms with Crippen molar-refractivity contribution in [1.29, 1.82) is 0 Å². The second kappa shape index (κ2) is 5.86. The molecule has 0 spiro atoms. The molecule has 1 rings (SSSR count). The minimum Gasteiger partial charge on any atom is -0.313 e. The van der Waals surface area contributed by atoms with Crippen molar-refractivity contribution in [3.63, 3.8) is 0 Å². The molecule has 1 unspecified atom stereocenters. The number of nitrogens with zero attached hydrogens (tertiary/aromatic N) is 1. The Bertz CT molecular complexity index is 177. The molecule has 1 N–H and O–H groups in total. The smallest absolute Gasteiger partial charge is 0.0207 e. The van der Waals surface area contributed by atoms with Crippen LogP contribution in [0.5, 0.6) is 0 Å². The molecule has 0 bridgehead atoms. The molecule has 15 heavy (non-hydrogen) atoms. The lowest BCUT2D eigenvalue weighted by molar-refractivity contribution is 0.200. The van der Waals surface area contributed by atoms with Crippen LogP contribution in [0.15, 0.2) is 0 Å². The summed E-state index contributed by atoms with van der Waals surface area (Å²) in [5.74, 6) is 0. The van der Waals surface area contributed by atoms with Gasteiger partial charge in [-0.15, -0.1) is 0 Å². The van der Waals surface area contributed by atoms with Crippen LogP contribution in [0.2, 0.25) is 0 Å². The van der Waals surface area contributed by atoms with Crippen LogP contribution in [0, 0.1) is 5.41 Å². The van der Waals surface area contributed by atoms with Gasteiger partial charge in [0.1, 0.15) is 0 Å². The highest BCUT2D eigenvalue weighted by Gasteiger charge is 2.26. The van der Waals surface area contributed by atoms with E-state index in [1.165, 1.54) is 45.4 Å². The Morgan fingerprint density at radius 1 is 1.33 bits per heavy atom. The van der Waals surface area contributed by atoms with E-state index < -0.39 is 0 Å². The molecule has 2 nitrogen and oxygen atoms in total. The molecule has 0 aromatic heterocycles. The van der Waals surface area contributed by atoms with Crippen LogP contribution in [0.4, 0.5) is 0 Å². The van der Waals surface area contributed by atoms with Gasteiger partial charge < -0.3 is 10.2 Å². The highest BCUT2D eigenvalue weighted by molar-refractivity contribution is 4.83. The van der Waals surface area contributed by atoms with Gasteiger partial charge in [-0.05, 0) is 37.8 Å². The van der Waals surface area contributed by atoms with Crippen molar-refractivity contribution in [1.82, 2.24) is 10.2 Å². The molecule has 1 saturated heterocycles. The predicted octanol–water partition coefficient (Wildman–Crippen LogP) is 2.50. The first-order valence-electron chi connectivity index (χ1n) is 6.53. The van der Waals surface area contributed by atoms with E-state index in [2.05, 4.69) is 37.9 Å². The summed E-state index contributed by atoms with van der Waals surface area (Å²) < 4.78 is 0. The fourth-order valence-electron chi connectivity index (χ4n) is 2.21. The molecule has 1 atom stereocenters. The molecule has 1 heterocycles. The molecule has 1 aliphatic rings. The molecule has 0 aromatic rings. The second-order valence-electron chi connectivity index (χ2n) is 5.69. The van der Waals surface area contributed by atoms with Crippen LogP contribution in [-0.4, -0.2) is 37.1 Å². The lowest BCUT2D eigenvalue weighted by Crippen LogP contribution is -2.36. The van der Waals surface area contributed by atoms with Gasteiger partial charge in [0.15, 0.2) is 0 Å². The topological polar surface area (TPSA) is 15.3 Å². The Balaban J connectivity index is 2.24. The highest BCUT2D eigenvalue weighted by atomic mass is 15.2. The second-order valence-corrected chi connectivity index (χ2v) is 5.69. The van der Waals surface area contributed by atoms with Gasteiger partial charge in [-0.1, -0.05) is 27.7 Å². The van der Waals surface area contributed by atoms with Crippen LogP contribution in [0.1, 0.15) is 47.0 Å². The van der Waals surface area contributed by atoms with Crippen LogP contribution in [0.25, 0.3) is 0 Å². The summed E-state index contributed by atoms with van der Waals surface area (Å²) >= 11 is 0. The Morgan fingerprint density at radius 3 is 2.67 bits per heavy atom. The molecule has 90 valence electrons. The minimum absolute atomic E-state index is 0.486. The number of hydrogen-bond donors (Lipinski definition) is 1. The zero-order valence-corrected chi connectivity index (χ0v) is 11.0. The van der Waals surface area contributed by atoms with Crippen LogP contribution in [-0.2, 0) is 0 Å². The quantitative estimate of drug-likeness (QED) is 0.728. The Kier molecular flexibility index (Phi) is 5.07. The molecule has 0 saturated carbocycles. The van der Waals surface area contributed by atoms with E-state index in [9.17, 15) is 0 Å². The van der Waals surface area contributed by atoms with Gasteiger partial charge in [0.05, 0.1) is 0 Å². The summed E-state index contributed by atoms with van der Waals surface area (Å²) in [6.45, 7) is 14.3. The first-order valence-corrected chi connectivity index (χ1v) is 6.53. The average Bonchev–Trinajstić information content (AvgIpc) is 2.62. The SMILES string of the molecule is CCCNC1CCN(CC(C)(C)CC)C1. The van der Waals surface area contributed by atoms with Crippen LogP contribution in [0.3, 0.4) is 0 Å². The summed E-state index contributed by atoms with van der Waals surface area (Å²) in [5.41, 5.74) is 0.486. The number of likely N-dealkylation sites (tertiary alicyclic amines) is 1. The van der Waals surface area contributed by atoms with Crippen molar-refractivity contribution in [3.8, 4) is 0 Å². The minimum atomic E-state index is 0.486. The average molecular weight is 212 g/mol. The van der Waals surface area contributed by atoms with E-state index >= 15 is 0 Å². The van der Waals surface area contributed by atoms with Gasteiger partial charge in [0.25, 0.3) is 0 Å². The van der Waals surface area contributed by atoms with E-state index in [1.807, 2.05) is 0 Å². The Labute approximate surface area is 95.4 Å². The first-order chi connectivity index (χ1) is 7.07. The summed E-state index contributed by atoms with van der Waals surface area (Å²) in [6.07, 6.45) is 3.85. The van der Waals surface area contributed by atoms with Gasteiger partial charge in [0.2, 0.25) is 0 Å². The van der Waals surface area contributed by atoms with Gasteiger partial charge in [0, 0.05) is 19.1 Å². The summed E-state index contributed by atoms with van der Waals surface area (Å²) in [6, 6.07) is 0.748. The normalized spacial score (nSPS) is 23.6. The molecule has 1 aliphatic heterocycles. The van der Waals surface area contributed by atoms with E-state index in [0.717, 1.165) is 6.04 Å². The molecular formula is C13H28N2. The number of rotatable bonds is 6. The third kappa shape index (κ3) is 4.52. The van der Waals surface area contributed by atoms with E-state index in [1.54, 1.807) is 0 Å². The third-order valence-corrected chi connectivity index (χ3v) is 3.56. The van der Waals surface area contributed by atoms with Crippen molar-refractivity contribution in [2.24, 2.45) is 5.41 Å². The fourth-order valence-corrected chi connectivity index (χ4v) is 2.21. The molecule has 0 aromatic carbocycles. The van der Waals surface area contributed by atoms with Crippen molar-refractivity contribution in [2.45, 2.75) is 53.0 Å². The summed E-state index contributed by atoms with van der Waals surface area (Å²) in [5, 5.41) is 3.62. The lowest BCUT2D eigenvalue weighted by Gasteiger charge is -2.29. The van der Waals surface area contributed by atoms with Crippen LogP contribution >= 0.6 is 0 Å². The first kappa shape index (κ1) is 13.0. The van der Waals surface area contributed by atoms with Crippen molar-refractivity contribution >= 4 is 0 Å². The number of nitrogens with one attached hydrogen (secondary N) is 1. The Hall–Kier alpha value is -0.0800. The summed E-state index contributed by atoms with van der Waals surface area (Å²) in [4.78, 5) is 2.62. The zero-order valence-electron chi connectivity index (χ0n) is 11.0. The molecule has 0 radical (unpaired) electrons. The highest BCUT2D eigenvalue weighted by Crippen LogP contribution is 2.23. The van der Waals surface area contributed by atoms with Gasteiger partial charge in [-0.25, -0.2) is 0 Å². The standard InChI is InChI=1S/C13H28N2/c1-5-8-14-12-7-9-15(10-12)11-13(3,4)6-2/h12,14H,5-11H2,1-4H3. The maximum atomic E-state index is 3.62. The van der Waals surface area contributed by atoms with Gasteiger partial charge >= 0.3 is 0 Å². The van der Waals surface area contributed by atoms with Gasteiger partial charge in [-0.3, -0.25) is 0 Å². The van der Waals surface area contributed by atoms with Crippen molar-refractivity contribution in [2.75, 3.05) is 26.2 Å². The Morgan fingerprint density at radius 2 is 2.07 bits per heavy atom. The largest absolute Gasteiger partial charge is 0.313 e. The maximum absolute atomic E-state index is 3.62. The number of hydrogen-bond acceptors (Lipinski definition) is 2. The third-order valence-electron chi connectivity index (χ3n) is 3.56. The van der Waals surface area contributed by atoms with Crippen molar-refractivity contribution in [3.05, 3.63) is 0 Å². The van der Waals surface area contributed by atoms with Crippen LogP contribution < -0.4 is 5.32 Å². The molecule has 2 heteroatoms. The monoisotopic (exact) mass is 212 g/mol. The molecular weight excluding hydrogens is 184 g/mol. The lowest BCUT2D eigenvalue weighted by atomic mass is 9.90. The zero-order chi connectivity index (χ0) is 11.3. The predicted molar refractivity (Wildman–Crippen MR) is 67.2 cm³/mol. The fraction of sp³-hybridized carbons (Fsp3) is 1.00. The van der Waals surface area contributed by atoms with E-state index in [0.29, 0.717) is 5.41 Å².